The van der Waals surface area contributed by atoms with Crippen molar-refractivity contribution in [2.24, 2.45) is 5.73 Å². The molecule has 0 aliphatic carbocycles. The number of hydrogen-bond donors (Lipinski definition) is 2. The Hall–Kier alpha value is -2.70. The van der Waals surface area contributed by atoms with Crippen LogP contribution in [0.4, 0.5) is 5.82 Å². The third-order valence-corrected chi connectivity index (χ3v) is 4.89. The van der Waals surface area contributed by atoms with E-state index in [1.54, 1.807) is 11.3 Å². The molecule has 4 rings (SSSR count). The van der Waals surface area contributed by atoms with Gasteiger partial charge in [-0.05, 0) is 17.7 Å². The summed E-state index contributed by atoms with van der Waals surface area (Å²) in [6, 6.07) is 16.0. The molecule has 120 valence electrons. The minimum Gasteiger partial charge on any atom is -0.326 e. The molecule has 0 fully saturated rings. The lowest BCUT2D eigenvalue weighted by Gasteiger charge is -2.06. The third-order valence-electron chi connectivity index (χ3n) is 3.89. The normalized spacial score (nSPS) is 11.2. The SMILES string of the molecule is CC(=O)Nc1c(-c2ccccc2)nc2sc3cc(CN)ccc3n12. The standard InChI is InChI=1S/C18H16N4OS/c1-11(23)20-17-16(13-5-3-2-4-6-13)21-18-22(17)14-8-7-12(10-19)9-15(14)24-18/h2-9H,10,19H2,1H3,(H,20,23). The van der Waals surface area contributed by atoms with Gasteiger partial charge in [0.25, 0.3) is 0 Å². The Morgan fingerprint density at radius 3 is 2.75 bits per heavy atom. The number of imidazole rings is 1. The quantitative estimate of drug-likeness (QED) is 0.600. The molecular formula is C18H16N4OS. The highest BCUT2D eigenvalue weighted by Crippen LogP contribution is 2.36. The maximum atomic E-state index is 11.7. The minimum atomic E-state index is -0.119. The highest BCUT2D eigenvalue weighted by atomic mass is 32.1. The fourth-order valence-electron chi connectivity index (χ4n) is 2.82. The van der Waals surface area contributed by atoms with Crippen LogP contribution in [0.25, 0.3) is 26.4 Å². The van der Waals surface area contributed by atoms with Gasteiger partial charge in [-0.3, -0.25) is 9.20 Å². The van der Waals surface area contributed by atoms with Crippen LogP contribution in [0.2, 0.25) is 0 Å². The molecule has 3 N–H and O–H groups in total. The van der Waals surface area contributed by atoms with Crippen molar-refractivity contribution in [3.8, 4) is 11.3 Å². The van der Waals surface area contributed by atoms with E-state index in [1.807, 2.05) is 46.9 Å². The van der Waals surface area contributed by atoms with Crippen molar-refractivity contribution < 1.29 is 4.79 Å². The predicted octanol–water partition coefficient (Wildman–Crippen LogP) is 3.63. The van der Waals surface area contributed by atoms with Gasteiger partial charge < -0.3 is 11.1 Å². The largest absolute Gasteiger partial charge is 0.326 e. The summed E-state index contributed by atoms with van der Waals surface area (Å²) in [6.07, 6.45) is 0. The van der Waals surface area contributed by atoms with Crippen LogP contribution in [0, 0.1) is 0 Å². The van der Waals surface area contributed by atoms with Gasteiger partial charge in [-0.2, -0.15) is 0 Å². The molecule has 0 radical (unpaired) electrons. The third kappa shape index (κ3) is 2.36. The van der Waals surface area contributed by atoms with E-state index in [-0.39, 0.29) is 5.91 Å². The van der Waals surface area contributed by atoms with Gasteiger partial charge in [0.2, 0.25) is 5.91 Å². The fraction of sp³-hybridized carbons (Fsp3) is 0.111. The summed E-state index contributed by atoms with van der Waals surface area (Å²) in [5.41, 5.74) is 9.59. The molecule has 6 heteroatoms. The van der Waals surface area contributed by atoms with Crippen molar-refractivity contribution in [1.29, 1.82) is 0 Å². The van der Waals surface area contributed by atoms with Crippen LogP contribution in [0.15, 0.2) is 48.5 Å². The highest BCUT2D eigenvalue weighted by Gasteiger charge is 2.19. The van der Waals surface area contributed by atoms with Gasteiger partial charge in [-0.15, -0.1) is 0 Å². The number of hydrogen-bond acceptors (Lipinski definition) is 4. The van der Waals surface area contributed by atoms with Gasteiger partial charge in [-0.1, -0.05) is 47.7 Å². The molecule has 5 nitrogen and oxygen atoms in total. The summed E-state index contributed by atoms with van der Waals surface area (Å²) in [7, 11) is 0. The second kappa shape index (κ2) is 5.74. The van der Waals surface area contributed by atoms with Crippen molar-refractivity contribution in [2.45, 2.75) is 13.5 Å². The molecule has 2 heterocycles. The number of aromatic nitrogens is 2. The topological polar surface area (TPSA) is 72.4 Å². The number of rotatable bonds is 3. The average molecular weight is 336 g/mol. The number of nitrogens with two attached hydrogens (primary N) is 1. The minimum absolute atomic E-state index is 0.119. The summed E-state index contributed by atoms with van der Waals surface area (Å²) < 4.78 is 3.11. The van der Waals surface area contributed by atoms with Crippen LogP contribution >= 0.6 is 11.3 Å². The fourth-order valence-corrected chi connectivity index (χ4v) is 3.91. The number of anilines is 1. The Kier molecular flexibility index (Phi) is 3.55. The van der Waals surface area contributed by atoms with Crippen molar-refractivity contribution in [2.75, 3.05) is 5.32 Å². The number of amides is 1. The first-order chi connectivity index (χ1) is 11.7. The summed E-state index contributed by atoms with van der Waals surface area (Å²) in [4.78, 5) is 17.3. The molecule has 4 aromatic rings. The monoisotopic (exact) mass is 336 g/mol. The Labute approximate surface area is 142 Å². The van der Waals surface area contributed by atoms with Crippen molar-refractivity contribution in [3.63, 3.8) is 0 Å². The van der Waals surface area contributed by atoms with Gasteiger partial charge in [0.05, 0.1) is 10.2 Å². The maximum Gasteiger partial charge on any atom is 0.222 e. The molecule has 1 amide bonds. The number of fused-ring (bicyclic) bond motifs is 3. The van der Waals surface area contributed by atoms with E-state index >= 15 is 0 Å². The van der Waals surface area contributed by atoms with Crippen LogP contribution in [-0.4, -0.2) is 15.3 Å². The molecule has 2 aromatic carbocycles. The molecule has 24 heavy (non-hydrogen) atoms. The van der Waals surface area contributed by atoms with Crippen molar-refractivity contribution in [1.82, 2.24) is 9.38 Å². The van der Waals surface area contributed by atoms with Gasteiger partial charge in [0.15, 0.2) is 4.96 Å². The molecule has 0 spiro atoms. The second-order valence-corrected chi connectivity index (χ2v) is 6.59. The van der Waals surface area contributed by atoms with Gasteiger partial charge in [0.1, 0.15) is 11.5 Å². The molecule has 0 bridgehead atoms. The number of benzene rings is 2. The molecule has 0 unspecified atom stereocenters. The van der Waals surface area contributed by atoms with Crippen LogP contribution in [0.3, 0.4) is 0 Å². The van der Waals surface area contributed by atoms with Crippen LogP contribution < -0.4 is 11.1 Å². The first kappa shape index (κ1) is 14.9. The summed E-state index contributed by atoms with van der Waals surface area (Å²) in [5, 5.41) is 2.95. The number of nitrogens with zero attached hydrogens (tertiary/aromatic N) is 2. The zero-order valence-electron chi connectivity index (χ0n) is 13.1. The van der Waals surface area contributed by atoms with E-state index in [1.165, 1.54) is 6.92 Å². The van der Waals surface area contributed by atoms with Gasteiger partial charge >= 0.3 is 0 Å². The summed E-state index contributed by atoms with van der Waals surface area (Å²) >= 11 is 1.59. The first-order valence-electron chi connectivity index (χ1n) is 7.64. The molecule has 0 aliphatic heterocycles. The molecule has 2 aromatic heterocycles. The van der Waals surface area contributed by atoms with Gasteiger partial charge in [0, 0.05) is 19.0 Å². The van der Waals surface area contributed by atoms with E-state index in [4.69, 9.17) is 10.7 Å². The number of nitrogens with one attached hydrogen (secondary N) is 1. The predicted molar refractivity (Wildman–Crippen MR) is 98.2 cm³/mol. The summed E-state index contributed by atoms with van der Waals surface area (Å²) in [6.45, 7) is 2.01. The highest BCUT2D eigenvalue weighted by molar-refractivity contribution is 7.23. The van der Waals surface area contributed by atoms with E-state index in [0.29, 0.717) is 12.4 Å². The number of thiazole rings is 1. The van der Waals surface area contributed by atoms with E-state index in [2.05, 4.69) is 11.4 Å². The number of carbonyl (C=O) groups excluding carboxylic acids is 1. The average Bonchev–Trinajstić information content (AvgIpc) is 3.11. The van der Waals surface area contributed by atoms with Crippen LogP contribution in [-0.2, 0) is 11.3 Å². The lowest BCUT2D eigenvalue weighted by Crippen LogP contribution is -2.09. The molecule has 0 atom stereocenters. The first-order valence-corrected chi connectivity index (χ1v) is 8.46. The Morgan fingerprint density at radius 1 is 1.25 bits per heavy atom. The Bertz CT molecular complexity index is 1050. The molecular weight excluding hydrogens is 320 g/mol. The smallest absolute Gasteiger partial charge is 0.222 e. The van der Waals surface area contributed by atoms with E-state index < -0.39 is 0 Å². The van der Waals surface area contributed by atoms with Crippen molar-refractivity contribution >= 4 is 38.2 Å². The lowest BCUT2D eigenvalue weighted by molar-refractivity contribution is -0.114. The molecule has 0 aliphatic rings. The zero-order valence-corrected chi connectivity index (χ0v) is 13.9. The molecule has 0 saturated heterocycles. The van der Waals surface area contributed by atoms with E-state index in [9.17, 15) is 4.79 Å². The Morgan fingerprint density at radius 2 is 2.04 bits per heavy atom. The van der Waals surface area contributed by atoms with Crippen LogP contribution in [0.1, 0.15) is 12.5 Å². The van der Waals surface area contributed by atoms with E-state index in [0.717, 1.165) is 32.0 Å². The van der Waals surface area contributed by atoms with Crippen LogP contribution in [0.5, 0.6) is 0 Å². The molecule has 0 saturated carbocycles. The summed E-state index contributed by atoms with van der Waals surface area (Å²) in [5.74, 6) is 0.586. The lowest BCUT2D eigenvalue weighted by atomic mass is 10.1. The van der Waals surface area contributed by atoms with Gasteiger partial charge in [-0.25, -0.2) is 4.98 Å². The number of carbonyl (C=O) groups is 1. The Balaban J connectivity index is 2.02. The van der Waals surface area contributed by atoms with Crippen molar-refractivity contribution in [3.05, 3.63) is 54.1 Å². The maximum absolute atomic E-state index is 11.7. The zero-order chi connectivity index (χ0) is 16.7. The second-order valence-electron chi connectivity index (χ2n) is 5.58.